The second-order valence-corrected chi connectivity index (χ2v) is 13.3. The van der Waals surface area contributed by atoms with E-state index in [9.17, 15) is 15.0 Å². The SMILES string of the molecule is CCCCCCCCCCCCC/C=C/[C@@H](O)[C@@H](CO)C(=N)C(=O)CCCCCCCCCCCCCCCCCCC. The molecule has 4 heteroatoms. The molecule has 0 saturated heterocycles. The van der Waals surface area contributed by atoms with Crippen LogP contribution in [0.4, 0.5) is 0 Å². The van der Waals surface area contributed by atoms with Gasteiger partial charge >= 0.3 is 0 Å². The standard InChI is InChI=1S/C39H75NO3/c1-3-5-7-9-11-13-15-17-18-19-20-22-24-26-28-30-32-34-38(43)39(40)36(35-41)37(42)33-31-29-27-25-23-21-16-14-12-10-8-6-4-2/h31,33,36-37,40-42H,3-30,32,34-35H2,1-2H3/b33-31+,40-39?/t36-,37-/m1/s1. The van der Waals surface area contributed by atoms with Gasteiger partial charge in [0.15, 0.2) is 5.78 Å². The third-order valence-electron chi connectivity index (χ3n) is 9.10. The van der Waals surface area contributed by atoms with Crippen LogP contribution in [-0.2, 0) is 4.79 Å². The molecule has 0 aromatic carbocycles. The van der Waals surface area contributed by atoms with Crippen LogP contribution in [0.15, 0.2) is 12.2 Å². The third-order valence-corrected chi connectivity index (χ3v) is 9.10. The molecule has 3 N–H and O–H groups in total. The number of Topliss-reactive ketones (excluding diaryl/α,β-unsaturated/α-hetero) is 1. The molecule has 254 valence electrons. The third kappa shape index (κ3) is 28.2. The Morgan fingerprint density at radius 3 is 1.23 bits per heavy atom. The highest BCUT2D eigenvalue weighted by molar-refractivity contribution is 6.39. The molecule has 0 bridgehead atoms. The highest BCUT2D eigenvalue weighted by Crippen LogP contribution is 2.16. The summed E-state index contributed by atoms with van der Waals surface area (Å²) in [7, 11) is 0. The van der Waals surface area contributed by atoms with Crippen LogP contribution in [0.25, 0.3) is 0 Å². The average Bonchev–Trinajstić information content (AvgIpc) is 3.01. The Bertz CT molecular complexity index is 632. The Balaban J connectivity index is 3.71. The molecule has 0 fully saturated rings. The first-order valence-corrected chi connectivity index (χ1v) is 19.2. The van der Waals surface area contributed by atoms with E-state index in [2.05, 4.69) is 13.8 Å². The van der Waals surface area contributed by atoms with Gasteiger partial charge in [-0.05, 0) is 19.3 Å². The first kappa shape index (κ1) is 42.0. The van der Waals surface area contributed by atoms with Gasteiger partial charge in [-0.1, -0.05) is 193 Å². The minimum Gasteiger partial charge on any atom is -0.396 e. The van der Waals surface area contributed by atoms with Gasteiger partial charge in [-0.25, -0.2) is 0 Å². The van der Waals surface area contributed by atoms with Crippen molar-refractivity contribution in [3.05, 3.63) is 12.2 Å². The van der Waals surface area contributed by atoms with E-state index in [1.807, 2.05) is 6.08 Å². The normalized spacial score (nSPS) is 13.1. The predicted octanol–water partition coefficient (Wildman–Crippen LogP) is 11.8. The topological polar surface area (TPSA) is 81.4 Å². The molecular formula is C39H75NO3. The summed E-state index contributed by atoms with van der Waals surface area (Å²) in [6.07, 6.45) is 40.5. The molecule has 0 heterocycles. The van der Waals surface area contributed by atoms with Gasteiger partial charge in [0.25, 0.3) is 0 Å². The molecule has 0 aromatic heterocycles. The van der Waals surface area contributed by atoms with Crippen LogP contribution in [-0.4, -0.2) is 34.4 Å². The fraction of sp³-hybridized carbons (Fsp3) is 0.897. The monoisotopic (exact) mass is 606 g/mol. The molecule has 4 nitrogen and oxygen atoms in total. The van der Waals surface area contributed by atoms with E-state index < -0.39 is 12.0 Å². The van der Waals surface area contributed by atoms with Gasteiger partial charge in [-0.2, -0.15) is 0 Å². The predicted molar refractivity (Wildman–Crippen MR) is 188 cm³/mol. The number of hydrogen-bond acceptors (Lipinski definition) is 4. The van der Waals surface area contributed by atoms with Gasteiger partial charge in [-0.3, -0.25) is 4.79 Å². The maximum atomic E-state index is 12.5. The smallest absolute Gasteiger partial charge is 0.176 e. The van der Waals surface area contributed by atoms with Gasteiger partial charge in [0, 0.05) is 6.42 Å². The number of carbonyl (C=O) groups is 1. The molecule has 0 spiro atoms. The van der Waals surface area contributed by atoms with Crippen molar-refractivity contribution in [2.45, 2.75) is 213 Å². The molecule has 0 aliphatic rings. The lowest BCUT2D eigenvalue weighted by molar-refractivity contribution is -0.113. The Morgan fingerprint density at radius 1 is 0.558 bits per heavy atom. The first-order valence-electron chi connectivity index (χ1n) is 19.2. The highest BCUT2D eigenvalue weighted by atomic mass is 16.3. The minimum absolute atomic E-state index is 0.120. The summed E-state index contributed by atoms with van der Waals surface area (Å²) >= 11 is 0. The number of carbonyl (C=O) groups excluding carboxylic acids is 1. The number of rotatable bonds is 35. The second-order valence-electron chi connectivity index (χ2n) is 13.3. The van der Waals surface area contributed by atoms with Crippen LogP contribution in [0.5, 0.6) is 0 Å². The number of nitrogens with one attached hydrogen (secondary N) is 1. The fourth-order valence-corrected chi connectivity index (χ4v) is 6.02. The van der Waals surface area contributed by atoms with Gasteiger partial charge in [-0.15, -0.1) is 0 Å². The van der Waals surface area contributed by atoms with Crippen molar-refractivity contribution in [2.24, 2.45) is 5.92 Å². The van der Waals surface area contributed by atoms with Crippen LogP contribution in [0.3, 0.4) is 0 Å². The summed E-state index contributed by atoms with van der Waals surface area (Å²) in [4.78, 5) is 12.5. The van der Waals surface area contributed by atoms with Crippen LogP contribution >= 0.6 is 0 Å². The van der Waals surface area contributed by atoms with Crippen molar-refractivity contribution in [3.8, 4) is 0 Å². The molecule has 0 unspecified atom stereocenters. The molecular weight excluding hydrogens is 530 g/mol. The largest absolute Gasteiger partial charge is 0.396 e. The van der Waals surface area contributed by atoms with Crippen molar-refractivity contribution in [1.82, 2.24) is 0 Å². The van der Waals surface area contributed by atoms with Gasteiger partial charge in [0.1, 0.15) is 0 Å². The molecule has 43 heavy (non-hydrogen) atoms. The Morgan fingerprint density at radius 2 is 0.884 bits per heavy atom. The molecule has 2 atom stereocenters. The van der Waals surface area contributed by atoms with Crippen LogP contribution < -0.4 is 0 Å². The summed E-state index contributed by atoms with van der Waals surface area (Å²) in [5.74, 6) is -1.04. The zero-order valence-electron chi connectivity index (χ0n) is 29.0. The number of aliphatic hydroxyl groups is 2. The van der Waals surface area contributed by atoms with E-state index >= 15 is 0 Å². The maximum absolute atomic E-state index is 12.5. The Kier molecular flexibility index (Phi) is 33.1. The molecule has 0 saturated carbocycles. The number of unbranched alkanes of at least 4 members (excludes halogenated alkanes) is 27. The minimum atomic E-state index is -0.968. The molecule has 0 amide bonds. The first-order chi connectivity index (χ1) is 21.1. The van der Waals surface area contributed by atoms with E-state index in [0.717, 1.165) is 32.1 Å². The van der Waals surface area contributed by atoms with Gasteiger partial charge in [0.2, 0.25) is 0 Å². The number of allylic oxidation sites excluding steroid dienone is 1. The molecule has 0 rings (SSSR count). The van der Waals surface area contributed by atoms with Gasteiger partial charge < -0.3 is 15.6 Å². The van der Waals surface area contributed by atoms with E-state index in [4.69, 9.17) is 5.41 Å². The average molecular weight is 606 g/mol. The highest BCUT2D eigenvalue weighted by Gasteiger charge is 2.25. The number of ketones is 1. The zero-order valence-corrected chi connectivity index (χ0v) is 29.0. The summed E-state index contributed by atoms with van der Waals surface area (Å²) < 4.78 is 0. The molecule has 0 aliphatic heterocycles. The fourth-order valence-electron chi connectivity index (χ4n) is 6.02. The molecule has 0 aliphatic carbocycles. The second kappa shape index (κ2) is 33.9. The summed E-state index contributed by atoms with van der Waals surface area (Å²) in [5, 5.41) is 28.5. The lowest BCUT2D eigenvalue weighted by atomic mass is 9.92. The van der Waals surface area contributed by atoms with E-state index in [0.29, 0.717) is 6.42 Å². The zero-order chi connectivity index (χ0) is 31.6. The summed E-state index contributed by atoms with van der Waals surface area (Å²) in [5.41, 5.74) is -0.120. The van der Waals surface area contributed by atoms with Crippen molar-refractivity contribution in [2.75, 3.05) is 6.61 Å². The lowest BCUT2D eigenvalue weighted by Gasteiger charge is -2.18. The van der Waals surface area contributed by atoms with Crippen LogP contribution in [0.2, 0.25) is 0 Å². The van der Waals surface area contributed by atoms with Crippen LogP contribution in [0, 0.1) is 11.3 Å². The Hall–Kier alpha value is -1.00. The quantitative estimate of drug-likeness (QED) is 0.0382. The van der Waals surface area contributed by atoms with E-state index in [1.165, 1.54) is 154 Å². The van der Waals surface area contributed by atoms with Crippen LogP contribution in [0.1, 0.15) is 206 Å². The van der Waals surface area contributed by atoms with Gasteiger partial charge in [0.05, 0.1) is 24.3 Å². The van der Waals surface area contributed by atoms with E-state index in [1.54, 1.807) is 6.08 Å². The number of aliphatic hydroxyl groups excluding tert-OH is 2. The van der Waals surface area contributed by atoms with E-state index in [-0.39, 0.29) is 18.1 Å². The number of hydrogen-bond donors (Lipinski definition) is 3. The lowest BCUT2D eigenvalue weighted by Crippen LogP contribution is -2.34. The van der Waals surface area contributed by atoms with Crippen molar-refractivity contribution < 1.29 is 15.0 Å². The van der Waals surface area contributed by atoms with Crippen molar-refractivity contribution >= 4 is 11.5 Å². The van der Waals surface area contributed by atoms with Crippen molar-refractivity contribution in [1.29, 1.82) is 5.41 Å². The molecule has 0 aromatic rings. The Labute approximate surface area is 268 Å². The van der Waals surface area contributed by atoms with Crippen molar-refractivity contribution in [3.63, 3.8) is 0 Å². The molecule has 0 radical (unpaired) electrons. The summed E-state index contributed by atoms with van der Waals surface area (Å²) in [6.45, 7) is 4.17. The summed E-state index contributed by atoms with van der Waals surface area (Å²) in [6, 6.07) is 0. The maximum Gasteiger partial charge on any atom is 0.176 e.